The lowest BCUT2D eigenvalue weighted by atomic mass is 9.81. The maximum atomic E-state index is 12.4. The summed E-state index contributed by atoms with van der Waals surface area (Å²) < 4.78 is 5.49. The van der Waals surface area contributed by atoms with E-state index in [1.807, 2.05) is 57.3 Å². The molecule has 1 aliphatic rings. The lowest BCUT2D eigenvalue weighted by molar-refractivity contribution is 0.0412. The first-order chi connectivity index (χ1) is 11.9. The number of imidazole rings is 1. The number of rotatable bonds is 3. The molecule has 134 valence electrons. The largest absolute Gasteiger partial charge is 0.444 e. The van der Waals surface area contributed by atoms with E-state index in [4.69, 9.17) is 4.74 Å². The Bertz CT molecular complexity index is 710. The maximum Gasteiger partial charge on any atom is 0.408 e. The number of amides is 1. The molecule has 0 spiro atoms. The van der Waals surface area contributed by atoms with Crippen LogP contribution in [0, 0.1) is 0 Å². The molecular formula is C20H27N3O2. The molecule has 3 rings (SSSR count). The molecule has 1 fully saturated rings. The van der Waals surface area contributed by atoms with Gasteiger partial charge >= 0.3 is 6.09 Å². The second-order valence-corrected chi connectivity index (χ2v) is 7.78. The Labute approximate surface area is 149 Å². The Hall–Kier alpha value is -2.30. The van der Waals surface area contributed by atoms with Gasteiger partial charge in [0.1, 0.15) is 17.0 Å². The number of H-pyrrole nitrogens is 1. The van der Waals surface area contributed by atoms with Crippen LogP contribution in [0.1, 0.15) is 58.7 Å². The summed E-state index contributed by atoms with van der Waals surface area (Å²) in [6.45, 7) is 5.63. The Morgan fingerprint density at radius 2 is 1.84 bits per heavy atom. The van der Waals surface area contributed by atoms with Crippen LogP contribution in [0.5, 0.6) is 0 Å². The van der Waals surface area contributed by atoms with Crippen LogP contribution in [0.2, 0.25) is 0 Å². The van der Waals surface area contributed by atoms with E-state index < -0.39 is 11.1 Å². The highest BCUT2D eigenvalue weighted by molar-refractivity contribution is 5.69. The molecule has 2 aromatic rings. The molecule has 0 radical (unpaired) electrons. The maximum absolute atomic E-state index is 12.4. The molecule has 1 amide bonds. The van der Waals surface area contributed by atoms with Gasteiger partial charge in [0.2, 0.25) is 0 Å². The van der Waals surface area contributed by atoms with Crippen LogP contribution in [-0.4, -0.2) is 21.7 Å². The molecule has 2 N–H and O–H groups in total. The summed E-state index contributed by atoms with van der Waals surface area (Å²) in [6.07, 6.45) is 6.52. The van der Waals surface area contributed by atoms with Gasteiger partial charge < -0.3 is 15.0 Å². The summed E-state index contributed by atoms with van der Waals surface area (Å²) in [5.74, 6) is 0.817. The number of carbonyl (C=O) groups is 1. The third-order valence-electron chi connectivity index (χ3n) is 4.56. The second-order valence-electron chi connectivity index (χ2n) is 7.78. The number of aromatic nitrogens is 2. The molecule has 0 atom stereocenters. The minimum absolute atomic E-state index is 0.382. The number of hydrogen-bond acceptors (Lipinski definition) is 3. The zero-order chi connectivity index (χ0) is 17.9. The van der Waals surface area contributed by atoms with Crippen LogP contribution in [0.15, 0.2) is 36.5 Å². The third-order valence-corrected chi connectivity index (χ3v) is 4.56. The number of carbonyl (C=O) groups excluding carboxylic acids is 1. The average Bonchev–Trinajstić information content (AvgIpc) is 3.05. The monoisotopic (exact) mass is 341 g/mol. The summed E-state index contributed by atoms with van der Waals surface area (Å²) in [4.78, 5) is 20.4. The molecule has 5 nitrogen and oxygen atoms in total. The van der Waals surface area contributed by atoms with Crippen molar-refractivity contribution >= 4 is 6.09 Å². The van der Waals surface area contributed by atoms with Crippen LogP contribution in [0.3, 0.4) is 0 Å². The van der Waals surface area contributed by atoms with Crippen molar-refractivity contribution in [3.8, 4) is 11.3 Å². The first kappa shape index (κ1) is 17.5. The molecule has 1 aromatic carbocycles. The van der Waals surface area contributed by atoms with E-state index in [1.54, 1.807) is 0 Å². The fourth-order valence-corrected chi connectivity index (χ4v) is 3.40. The lowest BCUT2D eigenvalue weighted by Crippen LogP contribution is -2.49. The highest BCUT2D eigenvalue weighted by Gasteiger charge is 2.39. The average molecular weight is 341 g/mol. The van der Waals surface area contributed by atoms with E-state index in [1.165, 1.54) is 6.42 Å². The van der Waals surface area contributed by atoms with Crippen molar-refractivity contribution in [2.75, 3.05) is 0 Å². The number of aromatic amines is 1. The Morgan fingerprint density at radius 3 is 2.48 bits per heavy atom. The highest BCUT2D eigenvalue weighted by Crippen LogP contribution is 2.36. The van der Waals surface area contributed by atoms with Gasteiger partial charge in [-0.15, -0.1) is 0 Å². The molecule has 0 unspecified atom stereocenters. The van der Waals surface area contributed by atoms with Crippen molar-refractivity contribution in [1.82, 2.24) is 15.3 Å². The summed E-state index contributed by atoms with van der Waals surface area (Å²) in [7, 11) is 0. The second kappa shape index (κ2) is 6.90. The predicted molar refractivity (Wildman–Crippen MR) is 98.2 cm³/mol. The van der Waals surface area contributed by atoms with Crippen LogP contribution in [0.4, 0.5) is 4.79 Å². The van der Waals surface area contributed by atoms with Gasteiger partial charge in [-0.3, -0.25) is 0 Å². The topological polar surface area (TPSA) is 67.0 Å². The lowest BCUT2D eigenvalue weighted by Gasteiger charge is -2.36. The van der Waals surface area contributed by atoms with Crippen LogP contribution in [-0.2, 0) is 10.3 Å². The predicted octanol–water partition coefficient (Wildman–Crippen LogP) is 4.76. The number of alkyl carbamates (subject to hydrolysis) is 1. The zero-order valence-electron chi connectivity index (χ0n) is 15.3. The van der Waals surface area contributed by atoms with E-state index in [0.717, 1.165) is 42.8 Å². The molecule has 5 heteroatoms. The fourth-order valence-electron chi connectivity index (χ4n) is 3.40. The van der Waals surface area contributed by atoms with Crippen molar-refractivity contribution in [2.45, 2.75) is 64.0 Å². The Balaban J connectivity index is 1.86. The minimum Gasteiger partial charge on any atom is -0.444 e. The van der Waals surface area contributed by atoms with Crippen molar-refractivity contribution in [1.29, 1.82) is 0 Å². The van der Waals surface area contributed by atoms with Gasteiger partial charge in [-0.25, -0.2) is 9.78 Å². The number of benzene rings is 1. The standard InChI is InChI=1S/C20H27N3O2/c1-19(2,3)25-18(24)23-20(12-8-5-9-13-20)17-21-14-16(22-17)15-10-6-4-7-11-15/h4,6-7,10-11,14H,5,8-9,12-13H2,1-3H3,(H,21,22)(H,23,24). The third kappa shape index (κ3) is 4.21. The van der Waals surface area contributed by atoms with Crippen molar-refractivity contribution in [3.63, 3.8) is 0 Å². The SMILES string of the molecule is CC(C)(C)OC(=O)NC1(c2ncc(-c3ccccc3)[nH]2)CCCCC1. The van der Waals surface area contributed by atoms with Gasteiger partial charge in [0.15, 0.2) is 0 Å². The van der Waals surface area contributed by atoms with Gasteiger partial charge in [-0.2, -0.15) is 0 Å². The van der Waals surface area contributed by atoms with Crippen LogP contribution < -0.4 is 5.32 Å². The quantitative estimate of drug-likeness (QED) is 0.846. The fraction of sp³-hybridized carbons (Fsp3) is 0.500. The van der Waals surface area contributed by atoms with E-state index in [-0.39, 0.29) is 6.09 Å². The van der Waals surface area contributed by atoms with Gasteiger partial charge in [-0.05, 0) is 39.2 Å². The van der Waals surface area contributed by atoms with Gasteiger partial charge in [0, 0.05) is 0 Å². The Kier molecular flexibility index (Phi) is 4.84. The van der Waals surface area contributed by atoms with Gasteiger partial charge in [-0.1, -0.05) is 49.6 Å². The molecule has 1 aromatic heterocycles. The molecule has 0 saturated heterocycles. The number of nitrogens with one attached hydrogen (secondary N) is 2. The van der Waals surface area contributed by atoms with Crippen molar-refractivity contribution in [2.24, 2.45) is 0 Å². The first-order valence-electron chi connectivity index (χ1n) is 9.00. The normalized spacial score (nSPS) is 17.1. The smallest absolute Gasteiger partial charge is 0.408 e. The van der Waals surface area contributed by atoms with E-state index in [2.05, 4.69) is 15.3 Å². The molecule has 1 saturated carbocycles. The zero-order valence-corrected chi connectivity index (χ0v) is 15.3. The summed E-state index contributed by atoms with van der Waals surface area (Å²) in [5, 5.41) is 3.12. The summed E-state index contributed by atoms with van der Waals surface area (Å²) >= 11 is 0. The molecule has 1 heterocycles. The highest BCUT2D eigenvalue weighted by atomic mass is 16.6. The molecule has 1 aliphatic carbocycles. The molecule has 0 bridgehead atoms. The van der Waals surface area contributed by atoms with E-state index >= 15 is 0 Å². The van der Waals surface area contributed by atoms with Crippen LogP contribution >= 0.6 is 0 Å². The molecule has 25 heavy (non-hydrogen) atoms. The van der Waals surface area contributed by atoms with Crippen LogP contribution in [0.25, 0.3) is 11.3 Å². The Morgan fingerprint density at radius 1 is 1.16 bits per heavy atom. The van der Waals surface area contributed by atoms with Gasteiger partial charge in [0.05, 0.1) is 11.9 Å². The van der Waals surface area contributed by atoms with E-state index in [0.29, 0.717) is 0 Å². The minimum atomic E-state index is -0.516. The van der Waals surface area contributed by atoms with Gasteiger partial charge in [0.25, 0.3) is 0 Å². The number of nitrogens with zero attached hydrogens (tertiary/aromatic N) is 1. The van der Waals surface area contributed by atoms with Crippen molar-refractivity contribution in [3.05, 3.63) is 42.4 Å². The summed E-state index contributed by atoms with van der Waals surface area (Å²) in [5.41, 5.74) is 1.06. The van der Waals surface area contributed by atoms with E-state index in [9.17, 15) is 4.79 Å². The molecular weight excluding hydrogens is 314 g/mol. The number of ether oxygens (including phenoxy) is 1. The number of hydrogen-bond donors (Lipinski definition) is 2. The first-order valence-corrected chi connectivity index (χ1v) is 9.00. The summed E-state index contributed by atoms with van der Waals surface area (Å²) in [6, 6.07) is 10.1. The van der Waals surface area contributed by atoms with Crippen molar-refractivity contribution < 1.29 is 9.53 Å². The molecule has 0 aliphatic heterocycles.